The van der Waals surface area contributed by atoms with Crippen molar-refractivity contribution in [1.29, 1.82) is 0 Å². The van der Waals surface area contributed by atoms with E-state index in [1.165, 1.54) is 13.3 Å². The second-order valence-corrected chi connectivity index (χ2v) is 6.01. The number of hydrogen-bond acceptors (Lipinski definition) is 6. The largest absolute Gasteiger partial charge is 0.480 e. The van der Waals surface area contributed by atoms with Crippen LogP contribution in [0.3, 0.4) is 0 Å². The number of aliphatic hydroxyl groups excluding tert-OH is 1. The van der Waals surface area contributed by atoms with Crippen molar-refractivity contribution in [3.63, 3.8) is 0 Å². The van der Waals surface area contributed by atoms with E-state index in [1.807, 2.05) is 0 Å². The highest BCUT2D eigenvalue weighted by Crippen LogP contribution is 2.23. The van der Waals surface area contributed by atoms with E-state index in [0.29, 0.717) is 22.5 Å². The Kier molecular flexibility index (Phi) is 5.00. The Morgan fingerprint density at radius 1 is 1.39 bits per heavy atom. The zero-order valence-electron chi connectivity index (χ0n) is 13.7. The predicted molar refractivity (Wildman–Crippen MR) is 85.3 cm³/mol. The van der Waals surface area contributed by atoms with E-state index in [9.17, 15) is 9.90 Å². The molecule has 2 aromatic rings. The van der Waals surface area contributed by atoms with Crippen LogP contribution in [-0.2, 0) is 4.74 Å². The molecule has 0 aliphatic heterocycles. The first-order valence-electron chi connectivity index (χ1n) is 7.24. The van der Waals surface area contributed by atoms with Gasteiger partial charge in [-0.3, -0.25) is 0 Å². The molecule has 0 spiro atoms. The lowest BCUT2D eigenvalue weighted by Crippen LogP contribution is -2.36. The monoisotopic (exact) mass is 319 g/mol. The smallest absolute Gasteiger partial charge is 0.408 e. The maximum atomic E-state index is 12.0. The zero-order chi connectivity index (χ0) is 17.0. The fraction of sp³-hybridized carbons (Fsp3) is 0.438. The molecule has 1 aromatic heterocycles. The number of fused-ring (bicyclic) bond motifs is 1. The third kappa shape index (κ3) is 4.29. The number of ether oxygens (including phenoxy) is 2. The van der Waals surface area contributed by atoms with Crippen LogP contribution in [0.2, 0.25) is 0 Å². The van der Waals surface area contributed by atoms with Crippen molar-refractivity contribution in [1.82, 2.24) is 15.3 Å². The van der Waals surface area contributed by atoms with Crippen LogP contribution in [0.5, 0.6) is 5.88 Å². The van der Waals surface area contributed by atoms with Crippen LogP contribution in [0, 0.1) is 0 Å². The maximum absolute atomic E-state index is 12.0. The first kappa shape index (κ1) is 17.0. The molecule has 1 aromatic carbocycles. The number of nitrogens with one attached hydrogen (secondary N) is 1. The molecule has 0 saturated heterocycles. The zero-order valence-corrected chi connectivity index (χ0v) is 13.7. The van der Waals surface area contributed by atoms with E-state index in [4.69, 9.17) is 9.47 Å². The van der Waals surface area contributed by atoms with Gasteiger partial charge in [0.25, 0.3) is 0 Å². The van der Waals surface area contributed by atoms with Gasteiger partial charge in [0.1, 0.15) is 5.60 Å². The van der Waals surface area contributed by atoms with Crippen LogP contribution in [0.25, 0.3) is 11.0 Å². The highest BCUT2D eigenvalue weighted by molar-refractivity contribution is 5.79. The predicted octanol–water partition coefficient (Wildman–Crippen LogP) is 2.20. The average molecular weight is 319 g/mol. The molecule has 7 heteroatoms. The van der Waals surface area contributed by atoms with Gasteiger partial charge in [0.15, 0.2) is 0 Å². The molecule has 0 aliphatic rings. The van der Waals surface area contributed by atoms with Crippen molar-refractivity contribution >= 4 is 17.1 Å². The summed E-state index contributed by atoms with van der Waals surface area (Å²) in [5, 5.41) is 12.3. The summed E-state index contributed by atoms with van der Waals surface area (Å²) in [4.78, 5) is 20.6. The van der Waals surface area contributed by atoms with Crippen molar-refractivity contribution in [3.8, 4) is 5.88 Å². The topological polar surface area (TPSA) is 93.6 Å². The second-order valence-electron chi connectivity index (χ2n) is 6.01. The molecule has 2 N–H and O–H groups in total. The molecule has 1 amide bonds. The minimum absolute atomic E-state index is 0.294. The summed E-state index contributed by atoms with van der Waals surface area (Å²) in [5.41, 5.74) is 1.23. The van der Waals surface area contributed by atoms with Crippen LogP contribution in [-0.4, -0.2) is 40.5 Å². The lowest BCUT2D eigenvalue weighted by Gasteiger charge is -2.23. The fourth-order valence-electron chi connectivity index (χ4n) is 2.09. The van der Waals surface area contributed by atoms with Crippen LogP contribution in [0.1, 0.15) is 32.4 Å². The highest BCUT2D eigenvalue weighted by Gasteiger charge is 2.22. The Hall–Kier alpha value is -2.41. The molecule has 0 bridgehead atoms. The molecule has 0 aliphatic carbocycles. The van der Waals surface area contributed by atoms with Gasteiger partial charge in [0.2, 0.25) is 5.88 Å². The Labute approximate surface area is 134 Å². The number of carbonyl (C=O) groups is 1. The summed E-state index contributed by atoms with van der Waals surface area (Å²) >= 11 is 0. The first-order valence-corrected chi connectivity index (χ1v) is 7.24. The van der Waals surface area contributed by atoms with E-state index >= 15 is 0 Å². The summed E-state index contributed by atoms with van der Waals surface area (Å²) in [5.74, 6) is 0.360. The molecule has 2 rings (SSSR count). The molecule has 1 heterocycles. The second kappa shape index (κ2) is 6.78. The molecule has 0 fully saturated rings. The van der Waals surface area contributed by atoms with Gasteiger partial charge in [-0.05, 0) is 26.8 Å². The average Bonchev–Trinajstić information content (AvgIpc) is 2.50. The Morgan fingerprint density at radius 3 is 2.74 bits per heavy atom. The number of aliphatic hydroxyl groups is 1. The highest BCUT2D eigenvalue weighted by atomic mass is 16.6. The molecule has 0 saturated carbocycles. The number of rotatable bonds is 4. The van der Waals surface area contributed by atoms with Crippen LogP contribution < -0.4 is 10.1 Å². The number of hydrogen-bond donors (Lipinski definition) is 2. The van der Waals surface area contributed by atoms with E-state index in [-0.39, 0.29) is 6.61 Å². The lowest BCUT2D eigenvalue weighted by atomic mass is 10.1. The Bertz CT molecular complexity index is 697. The maximum Gasteiger partial charge on any atom is 0.408 e. The number of para-hydroxylation sites is 1. The minimum Gasteiger partial charge on any atom is -0.480 e. The van der Waals surface area contributed by atoms with Gasteiger partial charge in [0.05, 0.1) is 37.0 Å². The number of methoxy groups -OCH3 is 1. The van der Waals surface area contributed by atoms with Crippen LogP contribution in [0.15, 0.2) is 24.4 Å². The van der Waals surface area contributed by atoms with E-state index in [2.05, 4.69) is 15.3 Å². The van der Waals surface area contributed by atoms with Gasteiger partial charge in [-0.15, -0.1) is 0 Å². The summed E-state index contributed by atoms with van der Waals surface area (Å²) in [6.45, 7) is 5.02. The molecule has 0 radical (unpaired) electrons. The van der Waals surface area contributed by atoms with Gasteiger partial charge in [-0.2, -0.15) is 0 Å². The Balaban J connectivity index is 2.34. The summed E-state index contributed by atoms with van der Waals surface area (Å²) in [6, 6.07) is 4.70. The van der Waals surface area contributed by atoms with Crippen molar-refractivity contribution in [3.05, 3.63) is 30.0 Å². The van der Waals surface area contributed by atoms with Gasteiger partial charge in [-0.25, -0.2) is 14.8 Å². The SMILES string of the molecule is COc1cnc2cccc([C@@H](CO)NC(=O)OC(C)(C)C)c2n1. The van der Waals surface area contributed by atoms with E-state index in [1.54, 1.807) is 39.0 Å². The number of amides is 1. The van der Waals surface area contributed by atoms with Crippen molar-refractivity contribution < 1.29 is 19.4 Å². The minimum atomic E-state index is -0.657. The first-order chi connectivity index (χ1) is 10.8. The molecule has 124 valence electrons. The van der Waals surface area contributed by atoms with Crippen LogP contribution >= 0.6 is 0 Å². The number of nitrogens with zero attached hydrogens (tertiary/aromatic N) is 2. The normalized spacial score (nSPS) is 12.7. The summed E-state index contributed by atoms with van der Waals surface area (Å²) < 4.78 is 10.3. The van der Waals surface area contributed by atoms with Crippen molar-refractivity contribution in [2.24, 2.45) is 0 Å². The Morgan fingerprint density at radius 2 is 2.13 bits per heavy atom. The van der Waals surface area contributed by atoms with Gasteiger partial charge in [-0.1, -0.05) is 12.1 Å². The van der Waals surface area contributed by atoms with Gasteiger partial charge < -0.3 is 19.9 Å². The number of alkyl carbamates (subject to hydrolysis) is 1. The molecular formula is C16H21N3O4. The third-order valence-electron chi connectivity index (χ3n) is 3.04. The van der Waals surface area contributed by atoms with E-state index in [0.717, 1.165) is 0 Å². The van der Waals surface area contributed by atoms with Crippen molar-refractivity contribution in [2.45, 2.75) is 32.4 Å². The number of carbonyl (C=O) groups excluding carboxylic acids is 1. The van der Waals surface area contributed by atoms with Gasteiger partial charge >= 0.3 is 6.09 Å². The van der Waals surface area contributed by atoms with E-state index < -0.39 is 17.7 Å². The number of aromatic nitrogens is 2. The summed E-state index contributed by atoms with van der Waals surface area (Å²) in [6.07, 6.45) is 0.908. The van der Waals surface area contributed by atoms with Crippen molar-refractivity contribution in [2.75, 3.05) is 13.7 Å². The quantitative estimate of drug-likeness (QED) is 0.897. The standard InChI is InChI=1S/C16H21N3O4/c1-16(2,3)23-15(21)18-12(9-20)10-6-5-7-11-14(10)19-13(22-4)8-17-11/h5-8,12,20H,9H2,1-4H3,(H,18,21)/t12-/m1/s1. The molecule has 7 nitrogen and oxygen atoms in total. The summed E-state index contributed by atoms with van der Waals surface area (Å²) in [7, 11) is 1.50. The third-order valence-corrected chi connectivity index (χ3v) is 3.04. The lowest BCUT2D eigenvalue weighted by molar-refractivity contribution is 0.0482. The van der Waals surface area contributed by atoms with Crippen LogP contribution in [0.4, 0.5) is 4.79 Å². The molecular weight excluding hydrogens is 298 g/mol. The molecule has 0 unspecified atom stereocenters. The fourth-order valence-corrected chi connectivity index (χ4v) is 2.09. The number of benzene rings is 1. The molecule has 1 atom stereocenters. The van der Waals surface area contributed by atoms with Gasteiger partial charge in [0, 0.05) is 5.56 Å². The molecule has 23 heavy (non-hydrogen) atoms.